The van der Waals surface area contributed by atoms with Crippen molar-refractivity contribution in [2.75, 3.05) is 6.54 Å². The largest absolute Gasteiger partial charge is 0.459 e. The van der Waals surface area contributed by atoms with Crippen LogP contribution in [-0.4, -0.2) is 94.2 Å². The molecule has 3 aliphatic carbocycles. The molecule has 8 atom stereocenters. The quantitative estimate of drug-likeness (QED) is 0.337. The highest BCUT2D eigenvalue weighted by molar-refractivity contribution is 7.91. The van der Waals surface area contributed by atoms with Crippen LogP contribution >= 0.6 is 0 Å². The number of sulfonamides is 1. The van der Waals surface area contributed by atoms with Crippen molar-refractivity contribution >= 4 is 44.7 Å². The van der Waals surface area contributed by atoms with Gasteiger partial charge in [0.2, 0.25) is 28.3 Å². The fourth-order valence-corrected chi connectivity index (χ4v) is 10.4. The Morgan fingerprint density at radius 3 is 2.49 bits per heavy atom. The fraction of sp³-hybridized carbons (Fsp3) is 0.643. The number of alkyl halides is 2. The summed E-state index contributed by atoms with van der Waals surface area (Å²) >= 11 is 0. The Labute approximate surface area is 352 Å². The number of carbonyl (C=O) groups is 4. The van der Waals surface area contributed by atoms with Crippen molar-refractivity contribution in [2.45, 2.75) is 139 Å². The normalized spacial score (nSPS) is 30.3. The molecule has 330 valence electrons. The van der Waals surface area contributed by atoms with Gasteiger partial charge in [-0.2, -0.15) is 10.2 Å². The molecule has 4 amide bonds. The number of benzene rings is 1. The van der Waals surface area contributed by atoms with Crippen molar-refractivity contribution in [3.8, 4) is 12.1 Å². The van der Waals surface area contributed by atoms with Crippen LogP contribution in [-0.2, 0) is 35.7 Å². The third kappa shape index (κ3) is 8.56. The predicted octanol–water partition coefficient (Wildman–Crippen LogP) is 4.05. The van der Waals surface area contributed by atoms with Gasteiger partial charge in [-0.3, -0.25) is 28.5 Å². The number of nitrogens with zero attached hydrogens (tertiary/aromatic N) is 4. The maximum Gasteiger partial charge on any atom is 0.408 e. The van der Waals surface area contributed by atoms with E-state index in [0.717, 1.165) is 17.7 Å². The van der Waals surface area contributed by atoms with Crippen LogP contribution in [0.25, 0.3) is 10.9 Å². The first-order valence-corrected chi connectivity index (χ1v) is 22.4. The van der Waals surface area contributed by atoms with Crippen LogP contribution in [0.2, 0.25) is 0 Å². The number of amides is 4. The summed E-state index contributed by atoms with van der Waals surface area (Å²) in [7, 11) is -4.28. The summed E-state index contributed by atoms with van der Waals surface area (Å²) in [6, 6.07) is 3.61. The first-order chi connectivity index (χ1) is 28.7. The van der Waals surface area contributed by atoms with Crippen molar-refractivity contribution in [1.82, 2.24) is 29.8 Å². The zero-order chi connectivity index (χ0) is 44.2. The van der Waals surface area contributed by atoms with E-state index in [4.69, 9.17) is 9.47 Å². The van der Waals surface area contributed by atoms with Crippen LogP contribution in [0.3, 0.4) is 0 Å². The Morgan fingerprint density at radius 2 is 1.85 bits per heavy atom. The van der Waals surface area contributed by atoms with Crippen molar-refractivity contribution in [2.24, 2.45) is 23.2 Å². The van der Waals surface area contributed by atoms with Crippen molar-refractivity contribution in [3.63, 3.8) is 0 Å². The topological polar surface area (TPSA) is 219 Å². The Kier molecular flexibility index (Phi) is 11.7. The molecule has 1 aromatic heterocycles. The number of nitrogens with one attached hydrogen (secondary N) is 3. The third-order valence-corrected chi connectivity index (χ3v) is 15.4. The number of carbonyl (C=O) groups excluding carboxylic acids is 4. The lowest BCUT2D eigenvalue weighted by Gasteiger charge is -2.36. The summed E-state index contributed by atoms with van der Waals surface area (Å²) in [6.45, 7) is 10.4. The standard InChI is InChI=1S/C42H53F2N7O9S/c1-6-24-12-14-31-26(24)10-8-7-9-17-50-35(53)27-13-11-23(21-45)18-29(27)46-38(50)59-25-19-30(51(22-25)36(54)32(40(2,3)4)47-39(56)60-31)34(52)48-42(20-28(42)33(43)44)37(55)49-61(57,58)41(5)15-16-41/h6,11,13,18,24-26,28,30-33H,1,7-10,12,14-17,19-20,22H2,2-5H3,(H,47,56)(H,48,52)(H,49,55)/t24-,25+,26+,28-,30-,31+,32+,42+/m0/s1. The van der Waals surface area contributed by atoms with Crippen LogP contribution in [0.4, 0.5) is 13.6 Å². The number of nitriles is 1. The van der Waals surface area contributed by atoms with Crippen LogP contribution in [0.1, 0.15) is 97.5 Å². The van der Waals surface area contributed by atoms with E-state index in [1.165, 1.54) is 29.7 Å². The van der Waals surface area contributed by atoms with Gasteiger partial charge in [0.15, 0.2) is 0 Å². The lowest BCUT2D eigenvalue weighted by Crippen LogP contribution is -2.60. The summed E-state index contributed by atoms with van der Waals surface area (Å²) in [4.78, 5) is 76.3. The van der Waals surface area contributed by atoms with Crippen LogP contribution in [0.5, 0.6) is 6.01 Å². The minimum atomic E-state index is -4.28. The molecule has 0 spiro atoms. The number of alkyl carbamates (subject to hydrolysis) is 1. The molecule has 0 radical (unpaired) electrons. The number of ether oxygens (including phenoxy) is 2. The Hall–Kier alpha value is -5.12. The molecule has 61 heavy (non-hydrogen) atoms. The van der Waals surface area contributed by atoms with Gasteiger partial charge in [-0.05, 0) is 81.4 Å². The van der Waals surface area contributed by atoms with E-state index >= 15 is 0 Å². The third-order valence-electron chi connectivity index (χ3n) is 13.2. The van der Waals surface area contributed by atoms with Crippen LogP contribution < -0.4 is 25.7 Å². The monoisotopic (exact) mass is 869 g/mol. The summed E-state index contributed by atoms with van der Waals surface area (Å²) in [5, 5.41) is 15.0. The van der Waals surface area contributed by atoms with Gasteiger partial charge in [-0.1, -0.05) is 39.7 Å². The van der Waals surface area contributed by atoms with Gasteiger partial charge in [-0.15, -0.1) is 6.58 Å². The molecule has 19 heteroatoms. The Morgan fingerprint density at radius 1 is 1.11 bits per heavy atom. The van der Waals surface area contributed by atoms with Crippen molar-refractivity contribution in [1.29, 1.82) is 5.26 Å². The molecular formula is C42H53F2N7O9S. The smallest absolute Gasteiger partial charge is 0.408 e. The Bertz CT molecular complexity index is 2340. The van der Waals surface area contributed by atoms with E-state index in [-0.39, 0.29) is 66.7 Å². The second-order valence-electron chi connectivity index (χ2n) is 18.5. The van der Waals surface area contributed by atoms with Gasteiger partial charge in [0.25, 0.3) is 17.5 Å². The number of halogens is 2. The molecule has 1 aromatic carbocycles. The Balaban J connectivity index is 1.26. The van der Waals surface area contributed by atoms with E-state index in [9.17, 15) is 46.4 Å². The summed E-state index contributed by atoms with van der Waals surface area (Å²) < 4.78 is 69.1. The molecule has 3 heterocycles. The fourth-order valence-electron chi connectivity index (χ4n) is 9.05. The molecule has 3 N–H and O–H groups in total. The minimum absolute atomic E-state index is 0.0391. The lowest BCUT2D eigenvalue weighted by molar-refractivity contribution is -0.143. The molecule has 7 rings (SSSR count). The minimum Gasteiger partial charge on any atom is -0.459 e. The van der Waals surface area contributed by atoms with Gasteiger partial charge in [0.05, 0.1) is 39.7 Å². The molecule has 2 aliphatic heterocycles. The zero-order valence-corrected chi connectivity index (χ0v) is 35.6. The van der Waals surface area contributed by atoms with Gasteiger partial charge in [0.1, 0.15) is 29.8 Å². The number of aromatic nitrogens is 2. The zero-order valence-electron chi connectivity index (χ0n) is 34.7. The highest BCUT2D eigenvalue weighted by Gasteiger charge is 2.67. The van der Waals surface area contributed by atoms with E-state index in [0.29, 0.717) is 25.7 Å². The summed E-state index contributed by atoms with van der Waals surface area (Å²) in [5.74, 6) is -4.73. The first-order valence-electron chi connectivity index (χ1n) is 20.9. The molecule has 5 aliphatic rings. The number of hydrogen-bond acceptors (Lipinski definition) is 11. The lowest BCUT2D eigenvalue weighted by atomic mass is 9.85. The van der Waals surface area contributed by atoms with Gasteiger partial charge < -0.3 is 25.0 Å². The van der Waals surface area contributed by atoms with Crippen LogP contribution in [0, 0.1) is 34.5 Å². The molecule has 16 nitrogen and oxygen atoms in total. The van der Waals surface area contributed by atoms with Crippen LogP contribution in [0.15, 0.2) is 35.6 Å². The van der Waals surface area contributed by atoms with E-state index in [1.54, 1.807) is 20.8 Å². The highest BCUT2D eigenvalue weighted by Crippen LogP contribution is 2.49. The van der Waals surface area contributed by atoms with Crippen molar-refractivity contribution in [3.05, 3.63) is 46.8 Å². The molecule has 1 saturated heterocycles. The number of allylic oxidation sites excluding steroid dienone is 1. The molecule has 2 bridgehead atoms. The second-order valence-corrected chi connectivity index (χ2v) is 20.7. The average Bonchev–Trinajstić information content (AvgIpc) is 4.04. The van der Waals surface area contributed by atoms with Gasteiger partial charge >= 0.3 is 6.09 Å². The number of fused-ring (bicyclic) bond motifs is 5. The van der Waals surface area contributed by atoms with E-state index in [1.807, 2.05) is 16.9 Å². The highest BCUT2D eigenvalue weighted by atomic mass is 32.2. The second kappa shape index (κ2) is 16.3. The van der Waals surface area contributed by atoms with E-state index < -0.39 is 98.2 Å². The molecule has 3 saturated carbocycles. The summed E-state index contributed by atoms with van der Waals surface area (Å²) in [5.41, 5.74) is -3.26. The number of rotatable bonds is 7. The summed E-state index contributed by atoms with van der Waals surface area (Å²) in [6.07, 6.45) is 0.167. The van der Waals surface area contributed by atoms with E-state index in [2.05, 4.69) is 22.2 Å². The first kappa shape index (κ1) is 44.0. The maximum absolute atomic E-state index is 14.8. The number of hydrogen-bond donors (Lipinski definition) is 3. The van der Waals surface area contributed by atoms with Gasteiger partial charge in [-0.25, -0.2) is 22.0 Å². The SMILES string of the molecule is C=C[C@H]1CC[C@H]2OC(=O)N[C@@H](C(C)(C)C)C(=O)N3C[C@@H](C[C@H]3C(=O)N[C@]3(C(=O)NS(=O)(=O)C4(C)CC4)C[C@H]3C(F)F)Oc3nc4cc(C#N)ccc4c(=O)n3CCCCC[C@H]12. The van der Waals surface area contributed by atoms with Crippen molar-refractivity contribution < 1.29 is 45.9 Å². The molecule has 0 unspecified atom stereocenters. The molecule has 4 fully saturated rings. The predicted molar refractivity (Wildman–Crippen MR) is 216 cm³/mol. The molecular weight excluding hydrogens is 817 g/mol. The average molecular weight is 870 g/mol. The molecule has 2 aromatic rings. The maximum atomic E-state index is 14.8. The van der Waals surface area contributed by atoms with Gasteiger partial charge in [0, 0.05) is 18.9 Å².